The van der Waals surface area contributed by atoms with Crippen LogP contribution in [-0.4, -0.2) is 57.8 Å². The second kappa shape index (κ2) is 4.83. The molecular weight excluding hydrogens is 286 g/mol. The minimum absolute atomic E-state index is 0.0210. The highest BCUT2D eigenvalue weighted by atomic mass is 32.2. The van der Waals surface area contributed by atoms with Crippen molar-refractivity contribution in [2.45, 2.75) is 37.2 Å². The Morgan fingerprint density at radius 3 is 2.60 bits per heavy atom. The zero-order valence-electron chi connectivity index (χ0n) is 11.3. The van der Waals surface area contributed by atoms with Gasteiger partial charge in [0.15, 0.2) is 5.69 Å². The first kappa shape index (κ1) is 14.9. The van der Waals surface area contributed by atoms with Gasteiger partial charge in [-0.05, 0) is 13.3 Å². The number of aromatic amines is 1. The molecule has 112 valence electrons. The fraction of sp³-hybridized carbons (Fsp3) is 0.636. The predicted octanol–water partition coefficient (Wildman–Crippen LogP) is -0.0482. The highest BCUT2D eigenvalue weighted by Gasteiger charge is 2.48. The third-order valence-corrected chi connectivity index (χ3v) is 5.30. The summed E-state index contributed by atoms with van der Waals surface area (Å²) >= 11 is 0. The van der Waals surface area contributed by atoms with Crippen molar-refractivity contribution in [2.75, 3.05) is 13.1 Å². The van der Waals surface area contributed by atoms with E-state index in [9.17, 15) is 18.3 Å². The fourth-order valence-corrected chi connectivity index (χ4v) is 4.30. The molecule has 8 nitrogen and oxygen atoms in total. The Balaban J connectivity index is 2.30. The van der Waals surface area contributed by atoms with Gasteiger partial charge in [-0.25, -0.2) is 13.2 Å². The Kier molecular flexibility index (Phi) is 3.61. The van der Waals surface area contributed by atoms with Gasteiger partial charge in [0.25, 0.3) is 0 Å². The largest absolute Gasteiger partial charge is 0.476 e. The second-order valence-electron chi connectivity index (χ2n) is 5.08. The summed E-state index contributed by atoms with van der Waals surface area (Å²) in [7, 11) is -3.96. The number of hydrogen-bond donors (Lipinski definition) is 3. The van der Waals surface area contributed by atoms with Gasteiger partial charge in [-0.1, -0.05) is 13.3 Å². The van der Waals surface area contributed by atoms with Crippen LogP contribution in [0.1, 0.15) is 35.9 Å². The summed E-state index contributed by atoms with van der Waals surface area (Å²) in [5, 5.41) is 24.9. The van der Waals surface area contributed by atoms with E-state index in [1.54, 1.807) is 0 Å². The van der Waals surface area contributed by atoms with Gasteiger partial charge in [0, 0.05) is 13.1 Å². The first-order valence-electron chi connectivity index (χ1n) is 6.22. The molecule has 0 aliphatic carbocycles. The van der Waals surface area contributed by atoms with Crippen LogP contribution in [-0.2, 0) is 10.0 Å². The van der Waals surface area contributed by atoms with Crippen LogP contribution in [0.15, 0.2) is 4.90 Å². The van der Waals surface area contributed by atoms with Gasteiger partial charge >= 0.3 is 5.97 Å². The van der Waals surface area contributed by atoms with Crippen LogP contribution in [0.25, 0.3) is 0 Å². The number of carboxylic acid groups (broad SMARTS) is 1. The van der Waals surface area contributed by atoms with Crippen LogP contribution in [0.4, 0.5) is 0 Å². The Morgan fingerprint density at radius 2 is 2.10 bits per heavy atom. The average Bonchev–Trinajstić information content (AvgIpc) is 2.69. The maximum atomic E-state index is 12.4. The third kappa shape index (κ3) is 2.32. The number of aryl methyl sites for hydroxylation is 1. The zero-order valence-corrected chi connectivity index (χ0v) is 12.1. The number of β-amino-alcohol motifs (C(OH)–C–C–N with tert-alkyl or cyclic N) is 1. The van der Waals surface area contributed by atoms with Gasteiger partial charge in [0.1, 0.15) is 4.90 Å². The van der Waals surface area contributed by atoms with Crippen molar-refractivity contribution in [2.24, 2.45) is 0 Å². The molecule has 20 heavy (non-hydrogen) atoms. The summed E-state index contributed by atoms with van der Waals surface area (Å²) in [6, 6.07) is 0. The van der Waals surface area contributed by atoms with E-state index >= 15 is 0 Å². The summed E-state index contributed by atoms with van der Waals surface area (Å²) in [4.78, 5) is 10.7. The standard InChI is InChI=1S/C11H17N3O5S/c1-3-4-11(17)5-14(6-11)20(18,19)9-7(2)12-13-8(9)10(15)16/h17H,3-6H2,1-2H3,(H,12,13)(H,15,16). The summed E-state index contributed by atoms with van der Waals surface area (Å²) in [6.45, 7) is 3.31. The van der Waals surface area contributed by atoms with Crippen molar-refractivity contribution in [3.8, 4) is 0 Å². The van der Waals surface area contributed by atoms with Crippen molar-refractivity contribution in [3.63, 3.8) is 0 Å². The van der Waals surface area contributed by atoms with Gasteiger partial charge in [0.2, 0.25) is 10.0 Å². The number of carboxylic acids is 1. The molecule has 0 spiro atoms. The molecule has 0 saturated carbocycles. The number of hydrogen-bond acceptors (Lipinski definition) is 5. The molecule has 1 aliphatic rings. The number of sulfonamides is 1. The Hall–Kier alpha value is -1.45. The molecule has 3 N–H and O–H groups in total. The lowest BCUT2D eigenvalue weighted by Crippen LogP contribution is -2.63. The van der Waals surface area contributed by atoms with Gasteiger partial charge in [-0.2, -0.15) is 9.40 Å². The molecule has 2 rings (SSSR count). The molecular formula is C11H17N3O5S. The van der Waals surface area contributed by atoms with E-state index in [0.29, 0.717) is 6.42 Å². The number of aromatic carboxylic acids is 1. The number of nitrogens with one attached hydrogen (secondary N) is 1. The molecule has 0 atom stereocenters. The van der Waals surface area contributed by atoms with Gasteiger partial charge in [0.05, 0.1) is 11.3 Å². The fourth-order valence-electron chi connectivity index (χ4n) is 2.41. The Morgan fingerprint density at radius 1 is 1.50 bits per heavy atom. The molecule has 1 aromatic heterocycles. The number of carbonyl (C=O) groups is 1. The summed E-state index contributed by atoms with van der Waals surface area (Å²) < 4.78 is 25.9. The summed E-state index contributed by atoms with van der Waals surface area (Å²) in [5.74, 6) is -1.41. The molecule has 1 aliphatic heterocycles. The highest BCUT2D eigenvalue weighted by molar-refractivity contribution is 7.89. The van der Waals surface area contributed by atoms with Crippen LogP contribution >= 0.6 is 0 Å². The van der Waals surface area contributed by atoms with Crippen LogP contribution < -0.4 is 0 Å². The molecule has 0 aromatic carbocycles. The van der Waals surface area contributed by atoms with E-state index in [2.05, 4.69) is 10.2 Å². The number of aliphatic hydroxyl groups is 1. The monoisotopic (exact) mass is 303 g/mol. The predicted molar refractivity (Wildman–Crippen MR) is 68.9 cm³/mol. The molecule has 2 heterocycles. The lowest BCUT2D eigenvalue weighted by molar-refractivity contribution is -0.0653. The zero-order chi connectivity index (χ0) is 15.1. The summed E-state index contributed by atoms with van der Waals surface area (Å²) in [5.41, 5.74) is -1.36. The van der Waals surface area contributed by atoms with Gasteiger partial charge in [-0.3, -0.25) is 5.10 Å². The molecule has 1 saturated heterocycles. The average molecular weight is 303 g/mol. The number of nitrogens with zero attached hydrogens (tertiary/aromatic N) is 2. The lowest BCUT2D eigenvalue weighted by atomic mass is 9.92. The van der Waals surface area contributed by atoms with Crippen molar-refractivity contribution in [1.29, 1.82) is 0 Å². The van der Waals surface area contributed by atoms with Crippen LogP contribution in [0, 0.1) is 6.92 Å². The topological polar surface area (TPSA) is 124 Å². The van der Waals surface area contributed by atoms with Crippen LogP contribution in [0.5, 0.6) is 0 Å². The smallest absolute Gasteiger partial charge is 0.357 e. The molecule has 1 fully saturated rings. The second-order valence-corrected chi connectivity index (χ2v) is 6.95. The number of aromatic nitrogens is 2. The first-order chi connectivity index (χ1) is 9.21. The SMILES string of the molecule is CCCC1(O)CN(S(=O)(=O)c2c(C(=O)O)n[nH]c2C)C1. The maximum Gasteiger partial charge on any atom is 0.357 e. The Bertz CT molecular complexity index is 630. The highest BCUT2D eigenvalue weighted by Crippen LogP contribution is 2.33. The quantitative estimate of drug-likeness (QED) is 0.700. The van der Waals surface area contributed by atoms with E-state index in [0.717, 1.165) is 10.7 Å². The van der Waals surface area contributed by atoms with Crippen molar-refractivity contribution < 1.29 is 23.4 Å². The van der Waals surface area contributed by atoms with Crippen molar-refractivity contribution >= 4 is 16.0 Å². The van der Waals surface area contributed by atoms with E-state index < -0.39 is 27.3 Å². The van der Waals surface area contributed by atoms with E-state index in [4.69, 9.17) is 5.11 Å². The molecule has 1 aromatic rings. The molecule has 0 amide bonds. The van der Waals surface area contributed by atoms with E-state index in [1.165, 1.54) is 6.92 Å². The van der Waals surface area contributed by atoms with Crippen LogP contribution in [0.3, 0.4) is 0 Å². The number of H-pyrrole nitrogens is 1. The first-order valence-corrected chi connectivity index (χ1v) is 7.66. The third-order valence-electron chi connectivity index (χ3n) is 3.35. The summed E-state index contributed by atoms with van der Waals surface area (Å²) in [6.07, 6.45) is 1.25. The van der Waals surface area contributed by atoms with Crippen LogP contribution in [0.2, 0.25) is 0 Å². The molecule has 0 unspecified atom stereocenters. The minimum Gasteiger partial charge on any atom is -0.476 e. The molecule has 0 bridgehead atoms. The van der Waals surface area contributed by atoms with Gasteiger partial charge < -0.3 is 10.2 Å². The molecule has 9 heteroatoms. The van der Waals surface area contributed by atoms with Crippen molar-refractivity contribution in [1.82, 2.24) is 14.5 Å². The number of rotatable bonds is 5. The normalized spacial score (nSPS) is 18.8. The molecule has 0 radical (unpaired) electrons. The maximum absolute atomic E-state index is 12.4. The lowest BCUT2D eigenvalue weighted by Gasteiger charge is -2.45. The minimum atomic E-state index is -3.96. The van der Waals surface area contributed by atoms with E-state index in [1.807, 2.05) is 6.92 Å². The van der Waals surface area contributed by atoms with E-state index in [-0.39, 0.29) is 23.7 Å². The Labute approximate surface area is 116 Å². The van der Waals surface area contributed by atoms with Gasteiger partial charge in [-0.15, -0.1) is 0 Å². The van der Waals surface area contributed by atoms with Crippen molar-refractivity contribution in [3.05, 3.63) is 11.4 Å².